The molecule has 4 rings (SSSR count). The molecule has 2 aliphatic rings. The molecule has 0 radical (unpaired) electrons. The molecule has 2 aromatic heterocycles. The summed E-state index contributed by atoms with van der Waals surface area (Å²) in [6.45, 7) is 2.24. The quantitative estimate of drug-likeness (QED) is 0.799. The van der Waals surface area contributed by atoms with Crippen molar-refractivity contribution in [2.45, 2.75) is 25.7 Å². The molecule has 0 spiro atoms. The molecule has 3 heterocycles. The Kier molecular flexibility index (Phi) is 3.18. The van der Waals surface area contributed by atoms with Crippen molar-refractivity contribution in [3.05, 3.63) is 17.0 Å². The van der Waals surface area contributed by atoms with Crippen molar-refractivity contribution in [1.82, 2.24) is 24.7 Å². The van der Waals surface area contributed by atoms with E-state index < -0.39 is 0 Å². The Morgan fingerprint density at radius 1 is 1.18 bits per heavy atom. The summed E-state index contributed by atoms with van der Waals surface area (Å²) in [5, 5.41) is 8.24. The molecule has 0 unspecified atom stereocenters. The maximum atomic E-state index is 12.6. The van der Waals surface area contributed by atoms with Crippen LogP contribution >= 0.6 is 0 Å². The third-order valence-corrected chi connectivity index (χ3v) is 4.38. The molecule has 1 amide bonds. The number of amides is 1. The Hall–Kier alpha value is -2.22. The number of hydrogen-bond donors (Lipinski definition) is 1. The predicted molar refractivity (Wildman–Crippen MR) is 78.6 cm³/mol. The van der Waals surface area contributed by atoms with Gasteiger partial charge in [-0.15, -0.1) is 5.10 Å². The zero-order chi connectivity index (χ0) is 15.1. The summed E-state index contributed by atoms with van der Waals surface area (Å²) in [6, 6.07) is 0. The Morgan fingerprint density at radius 3 is 2.77 bits per heavy atom. The second kappa shape index (κ2) is 5.20. The van der Waals surface area contributed by atoms with Crippen LogP contribution in [0.5, 0.6) is 0 Å². The highest BCUT2D eigenvalue weighted by Gasteiger charge is 2.27. The minimum Gasteiger partial charge on any atom is -0.383 e. The van der Waals surface area contributed by atoms with E-state index in [1.807, 2.05) is 0 Å². The summed E-state index contributed by atoms with van der Waals surface area (Å²) in [7, 11) is 0. The number of carbonyl (C=O) groups excluding carboxylic acids is 1. The van der Waals surface area contributed by atoms with E-state index in [2.05, 4.69) is 15.3 Å². The molecular weight excluding hydrogens is 284 g/mol. The van der Waals surface area contributed by atoms with Crippen LogP contribution in [0.2, 0.25) is 0 Å². The van der Waals surface area contributed by atoms with Crippen molar-refractivity contribution in [3.63, 3.8) is 0 Å². The fraction of sp³-hybridized carbons (Fsp3) is 0.571. The SMILES string of the molecule is Nc1nc2c(C(=O)N3CCOCC3)nnn2c2c1CCCC2. The zero-order valence-electron chi connectivity index (χ0n) is 12.3. The zero-order valence-corrected chi connectivity index (χ0v) is 12.3. The van der Waals surface area contributed by atoms with Gasteiger partial charge in [0.2, 0.25) is 0 Å². The van der Waals surface area contributed by atoms with Crippen LogP contribution in [0.4, 0.5) is 5.82 Å². The van der Waals surface area contributed by atoms with Gasteiger partial charge < -0.3 is 15.4 Å². The molecule has 116 valence electrons. The van der Waals surface area contributed by atoms with Gasteiger partial charge in [-0.3, -0.25) is 4.79 Å². The molecule has 2 N–H and O–H groups in total. The predicted octanol–water partition coefficient (Wildman–Crippen LogP) is 0.0577. The van der Waals surface area contributed by atoms with Crippen molar-refractivity contribution < 1.29 is 9.53 Å². The summed E-state index contributed by atoms with van der Waals surface area (Å²) in [5.74, 6) is 0.349. The Balaban J connectivity index is 1.79. The average molecular weight is 302 g/mol. The van der Waals surface area contributed by atoms with Crippen molar-refractivity contribution in [2.24, 2.45) is 0 Å². The monoisotopic (exact) mass is 302 g/mol. The standard InChI is InChI=1S/C14H18N6O2/c15-12-9-3-1-2-4-10(9)20-13(16-12)11(17-18-20)14(21)19-5-7-22-8-6-19/h1-8H2,(H2,15,16). The Labute approximate surface area is 127 Å². The average Bonchev–Trinajstić information content (AvgIpc) is 2.99. The number of morpholine rings is 1. The van der Waals surface area contributed by atoms with Gasteiger partial charge in [-0.25, -0.2) is 4.98 Å². The lowest BCUT2D eigenvalue weighted by Crippen LogP contribution is -2.41. The van der Waals surface area contributed by atoms with Crippen molar-refractivity contribution in [1.29, 1.82) is 0 Å². The van der Waals surface area contributed by atoms with Gasteiger partial charge >= 0.3 is 0 Å². The smallest absolute Gasteiger partial charge is 0.278 e. The van der Waals surface area contributed by atoms with E-state index in [-0.39, 0.29) is 11.6 Å². The van der Waals surface area contributed by atoms with Crippen LogP contribution in [-0.2, 0) is 17.6 Å². The number of aryl methyl sites for hydroxylation is 1. The normalized spacial score (nSPS) is 18.5. The third-order valence-electron chi connectivity index (χ3n) is 4.38. The lowest BCUT2D eigenvalue weighted by Gasteiger charge is -2.25. The third kappa shape index (κ3) is 2.02. The van der Waals surface area contributed by atoms with E-state index in [1.165, 1.54) is 0 Å². The molecule has 0 bridgehead atoms. The first-order valence-electron chi connectivity index (χ1n) is 7.65. The van der Waals surface area contributed by atoms with E-state index >= 15 is 0 Å². The van der Waals surface area contributed by atoms with Crippen LogP contribution in [0, 0.1) is 0 Å². The highest BCUT2D eigenvalue weighted by Crippen LogP contribution is 2.26. The van der Waals surface area contributed by atoms with Crippen LogP contribution in [0.15, 0.2) is 0 Å². The highest BCUT2D eigenvalue weighted by molar-refractivity contribution is 5.98. The van der Waals surface area contributed by atoms with E-state index in [1.54, 1.807) is 9.42 Å². The number of carbonyl (C=O) groups is 1. The van der Waals surface area contributed by atoms with Gasteiger partial charge in [-0.1, -0.05) is 5.21 Å². The highest BCUT2D eigenvalue weighted by atomic mass is 16.5. The number of ether oxygens (including phenoxy) is 1. The van der Waals surface area contributed by atoms with E-state index in [0.29, 0.717) is 37.8 Å². The number of rotatable bonds is 1. The summed E-state index contributed by atoms with van der Waals surface area (Å²) in [4.78, 5) is 18.8. The molecular formula is C14H18N6O2. The largest absolute Gasteiger partial charge is 0.383 e. The topological polar surface area (TPSA) is 98.6 Å². The molecule has 1 aliphatic carbocycles. The van der Waals surface area contributed by atoms with Gasteiger partial charge in [0.1, 0.15) is 5.82 Å². The molecule has 22 heavy (non-hydrogen) atoms. The van der Waals surface area contributed by atoms with E-state index in [4.69, 9.17) is 10.5 Å². The molecule has 0 saturated carbocycles. The van der Waals surface area contributed by atoms with Crippen LogP contribution in [-0.4, -0.2) is 56.9 Å². The second-order valence-corrected chi connectivity index (χ2v) is 5.71. The van der Waals surface area contributed by atoms with Crippen molar-refractivity contribution in [2.75, 3.05) is 32.0 Å². The Bertz CT molecular complexity index is 734. The maximum Gasteiger partial charge on any atom is 0.278 e. The first-order valence-corrected chi connectivity index (χ1v) is 7.65. The summed E-state index contributed by atoms with van der Waals surface area (Å²) >= 11 is 0. The number of nitrogens with zero attached hydrogens (tertiary/aromatic N) is 5. The molecule has 1 fully saturated rings. The Morgan fingerprint density at radius 2 is 1.95 bits per heavy atom. The van der Waals surface area contributed by atoms with Gasteiger partial charge in [-0.2, -0.15) is 4.52 Å². The minimum absolute atomic E-state index is 0.152. The van der Waals surface area contributed by atoms with Crippen LogP contribution in [0.3, 0.4) is 0 Å². The summed E-state index contributed by atoms with van der Waals surface area (Å²) in [5.41, 5.74) is 8.93. The van der Waals surface area contributed by atoms with E-state index in [0.717, 1.165) is 36.9 Å². The number of nitrogens with two attached hydrogens (primary N) is 1. The van der Waals surface area contributed by atoms with Gasteiger partial charge in [-0.05, 0) is 25.7 Å². The van der Waals surface area contributed by atoms with Crippen LogP contribution < -0.4 is 5.73 Å². The van der Waals surface area contributed by atoms with Crippen molar-refractivity contribution >= 4 is 17.4 Å². The lowest BCUT2D eigenvalue weighted by atomic mass is 9.96. The fourth-order valence-electron chi connectivity index (χ4n) is 3.19. The van der Waals surface area contributed by atoms with Crippen molar-refractivity contribution in [3.8, 4) is 0 Å². The summed E-state index contributed by atoms with van der Waals surface area (Å²) in [6.07, 6.45) is 4.01. The number of hydrogen-bond acceptors (Lipinski definition) is 6. The molecule has 1 saturated heterocycles. The number of fused-ring (bicyclic) bond motifs is 3. The first-order chi connectivity index (χ1) is 10.8. The van der Waals surface area contributed by atoms with Gasteiger partial charge in [0.25, 0.3) is 5.91 Å². The fourth-order valence-corrected chi connectivity index (χ4v) is 3.19. The molecule has 2 aromatic rings. The molecule has 8 nitrogen and oxygen atoms in total. The second-order valence-electron chi connectivity index (χ2n) is 5.71. The molecule has 1 aliphatic heterocycles. The maximum absolute atomic E-state index is 12.6. The van der Waals surface area contributed by atoms with Gasteiger partial charge in [0, 0.05) is 18.7 Å². The van der Waals surface area contributed by atoms with Gasteiger partial charge in [0.15, 0.2) is 11.3 Å². The number of anilines is 1. The molecule has 8 heteroatoms. The van der Waals surface area contributed by atoms with Crippen LogP contribution in [0.1, 0.15) is 34.6 Å². The lowest BCUT2D eigenvalue weighted by molar-refractivity contribution is 0.0300. The van der Waals surface area contributed by atoms with E-state index in [9.17, 15) is 4.79 Å². The minimum atomic E-state index is -0.152. The summed E-state index contributed by atoms with van der Waals surface area (Å²) < 4.78 is 6.97. The first kappa shape index (κ1) is 13.4. The van der Waals surface area contributed by atoms with Gasteiger partial charge in [0.05, 0.1) is 18.9 Å². The molecule has 0 aromatic carbocycles. The number of aromatic nitrogens is 4. The molecule has 0 atom stereocenters. The number of nitrogen functional groups attached to an aromatic ring is 1. The van der Waals surface area contributed by atoms with Crippen LogP contribution in [0.25, 0.3) is 5.65 Å².